The number of aryl methyl sites for hydroxylation is 2. The fourth-order valence-electron chi connectivity index (χ4n) is 2.30. The molecule has 2 rings (SSSR count). The second-order valence-electron chi connectivity index (χ2n) is 4.05. The number of rotatable bonds is 4. The summed E-state index contributed by atoms with van der Waals surface area (Å²) in [5.74, 6) is 0.907. The van der Waals surface area contributed by atoms with Crippen molar-refractivity contribution in [3.63, 3.8) is 0 Å². The maximum atomic E-state index is 5.53. The smallest absolute Gasteiger partial charge is 0.134 e. The zero-order valence-corrected chi connectivity index (χ0v) is 10.5. The van der Waals surface area contributed by atoms with Crippen LogP contribution in [-0.2, 0) is 12.8 Å². The van der Waals surface area contributed by atoms with Gasteiger partial charge in [0.2, 0.25) is 0 Å². The van der Waals surface area contributed by atoms with E-state index in [1.54, 1.807) is 0 Å². The normalized spacial score (nSPS) is 10.5. The van der Waals surface area contributed by atoms with E-state index < -0.39 is 0 Å². The van der Waals surface area contributed by atoms with Crippen LogP contribution >= 0.6 is 0 Å². The number of hydrogen-bond donors (Lipinski definition) is 0. The summed E-state index contributed by atoms with van der Waals surface area (Å²) < 4.78 is 5.53. The van der Waals surface area contributed by atoms with Crippen LogP contribution in [0.25, 0.3) is 10.8 Å². The second kappa shape index (κ2) is 5.05. The molecule has 1 heteroatoms. The van der Waals surface area contributed by atoms with Gasteiger partial charge in [0.05, 0.1) is 6.26 Å². The molecule has 0 radical (unpaired) electrons. The van der Waals surface area contributed by atoms with E-state index in [-0.39, 0.29) is 0 Å². The van der Waals surface area contributed by atoms with Gasteiger partial charge >= 0.3 is 0 Å². The molecule has 0 saturated carbocycles. The van der Waals surface area contributed by atoms with Crippen LogP contribution in [0.4, 0.5) is 0 Å². The van der Waals surface area contributed by atoms with Crippen molar-refractivity contribution in [1.29, 1.82) is 0 Å². The largest absolute Gasteiger partial charge is 0.465 e. The molecule has 0 bridgehead atoms. The van der Waals surface area contributed by atoms with E-state index in [1.807, 2.05) is 12.1 Å². The number of hydrogen-bond acceptors (Lipinski definition) is 1. The van der Waals surface area contributed by atoms with Crippen LogP contribution in [0.5, 0.6) is 5.75 Å². The number of ether oxygens (including phenoxy) is 1. The summed E-state index contributed by atoms with van der Waals surface area (Å²) in [6, 6.07) is 10.6. The van der Waals surface area contributed by atoms with Crippen LogP contribution in [0.15, 0.2) is 43.2 Å². The Bertz CT molecular complexity index is 540. The fourth-order valence-corrected chi connectivity index (χ4v) is 2.30. The van der Waals surface area contributed by atoms with Gasteiger partial charge in [0, 0.05) is 5.39 Å². The van der Waals surface area contributed by atoms with Gasteiger partial charge < -0.3 is 4.74 Å². The van der Waals surface area contributed by atoms with E-state index in [1.165, 1.54) is 28.2 Å². The van der Waals surface area contributed by atoms with E-state index in [9.17, 15) is 0 Å². The van der Waals surface area contributed by atoms with Gasteiger partial charge in [0.15, 0.2) is 0 Å². The summed E-state index contributed by atoms with van der Waals surface area (Å²) in [5, 5.41) is 2.53. The van der Waals surface area contributed by atoms with Crippen LogP contribution in [0.3, 0.4) is 0 Å². The third-order valence-corrected chi connectivity index (χ3v) is 3.15. The molecule has 2 aromatic rings. The topological polar surface area (TPSA) is 9.23 Å². The van der Waals surface area contributed by atoms with Crippen molar-refractivity contribution in [2.24, 2.45) is 0 Å². The van der Waals surface area contributed by atoms with Gasteiger partial charge in [-0.15, -0.1) is 0 Å². The Morgan fingerprint density at radius 3 is 2.41 bits per heavy atom. The first-order valence-electron chi connectivity index (χ1n) is 6.12. The zero-order chi connectivity index (χ0) is 12.3. The highest BCUT2D eigenvalue weighted by molar-refractivity contribution is 5.94. The molecule has 0 saturated heterocycles. The molecule has 1 nitrogen and oxygen atoms in total. The Balaban J connectivity index is 2.79. The Morgan fingerprint density at radius 1 is 1.06 bits per heavy atom. The molecule has 0 atom stereocenters. The monoisotopic (exact) mass is 226 g/mol. The third-order valence-electron chi connectivity index (χ3n) is 3.15. The van der Waals surface area contributed by atoms with Crippen molar-refractivity contribution in [2.45, 2.75) is 26.7 Å². The Kier molecular flexibility index (Phi) is 3.48. The summed E-state index contributed by atoms with van der Waals surface area (Å²) in [5.41, 5.74) is 2.70. The van der Waals surface area contributed by atoms with Gasteiger partial charge in [-0.2, -0.15) is 0 Å². The summed E-state index contributed by atoms with van der Waals surface area (Å²) >= 11 is 0. The molecule has 0 fully saturated rings. The minimum Gasteiger partial charge on any atom is -0.465 e. The Hall–Kier alpha value is -1.76. The predicted octanol–water partition coefficient (Wildman–Crippen LogP) is 4.49. The molecule has 0 spiro atoms. The molecule has 0 aliphatic carbocycles. The highest BCUT2D eigenvalue weighted by atomic mass is 16.5. The molecule has 17 heavy (non-hydrogen) atoms. The summed E-state index contributed by atoms with van der Waals surface area (Å²) in [6.07, 6.45) is 3.54. The standard InChI is InChI=1S/C16H18O/c1-4-12-10-11-13(5-2)16-14(12)8-7-9-15(16)17-6-3/h6-11H,3-5H2,1-2H3. The fraction of sp³-hybridized carbons (Fsp3) is 0.250. The van der Waals surface area contributed by atoms with Crippen molar-refractivity contribution < 1.29 is 4.74 Å². The van der Waals surface area contributed by atoms with Crippen molar-refractivity contribution >= 4 is 10.8 Å². The number of benzene rings is 2. The van der Waals surface area contributed by atoms with Gasteiger partial charge in [-0.25, -0.2) is 0 Å². The summed E-state index contributed by atoms with van der Waals surface area (Å²) in [7, 11) is 0. The minimum absolute atomic E-state index is 0.907. The van der Waals surface area contributed by atoms with E-state index >= 15 is 0 Å². The highest BCUT2D eigenvalue weighted by Crippen LogP contribution is 2.32. The lowest BCUT2D eigenvalue weighted by atomic mass is 9.96. The first-order valence-corrected chi connectivity index (χ1v) is 6.12. The van der Waals surface area contributed by atoms with Crippen LogP contribution in [-0.4, -0.2) is 0 Å². The first kappa shape index (κ1) is 11.7. The van der Waals surface area contributed by atoms with Crippen molar-refractivity contribution in [1.82, 2.24) is 0 Å². The van der Waals surface area contributed by atoms with Crippen molar-refractivity contribution in [3.05, 3.63) is 54.3 Å². The molecule has 0 aromatic heterocycles. The maximum absolute atomic E-state index is 5.53. The van der Waals surface area contributed by atoms with Crippen LogP contribution in [0, 0.1) is 0 Å². The first-order chi connectivity index (χ1) is 8.31. The van der Waals surface area contributed by atoms with Gasteiger partial charge in [0.1, 0.15) is 5.75 Å². The predicted molar refractivity (Wildman–Crippen MR) is 73.5 cm³/mol. The van der Waals surface area contributed by atoms with E-state index in [0.717, 1.165) is 18.6 Å². The van der Waals surface area contributed by atoms with E-state index in [2.05, 4.69) is 38.6 Å². The third kappa shape index (κ3) is 2.05. The Morgan fingerprint density at radius 2 is 1.76 bits per heavy atom. The van der Waals surface area contributed by atoms with Gasteiger partial charge in [0.25, 0.3) is 0 Å². The lowest BCUT2D eigenvalue weighted by Gasteiger charge is -2.12. The minimum atomic E-state index is 0.907. The van der Waals surface area contributed by atoms with Gasteiger partial charge in [-0.3, -0.25) is 0 Å². The number of fused-ring (bicyclic) bond motifs is 1. The summed E-state index contributed by atoms with van der Waals surface area (Å²) in [6.45, 7) is 7.99. The highest BCUT2D eigenvalue weighted by Gasteiger charge is 2.08. The quantitative estimate of drug-likeness (QED) is 0.698. The maximum Gasteiger partial charge on any atom is 0.134 e. The zero-order valence-electron chi connectivity index (χ0n) is 10.5. The Labute approximate surface area is 103 Å². The van der Waals surface area contributed by atoms with Crippen LogP contribution < -0.4 is 4.74 Å². The summed E-state index contributed by atoms with van der Waals surface area (Å²) in [4.78, 5) is 0. The van der Waals surface area contributed by atoms with Gasteiger partial charge in [-0.1, -0.05) is 44.7 Å². The van der Waals surface area contributed by atoms with Crippen molar-refractivity contribution in [2.75, 3.05) is 0 Å². The lowest BCUT2D eigenvalue weighted by Crippen LogP contribution is -1.92. The molecule has 0 aliphatic heterocycles. The van der Waals surface area contributed by atoms with E-state index in [0.29, 0.717) is 0 Å². The average molecular weight is 226 g/mol. The molecule has 0 heterocycles. The SMILES string of the molecule is C=COc1cccc2c(CC)ccc(CC)c12. The van der Waals surface area contributed by atoms with Crippen LogP contribution in [0.1, 0.15) is 25.0 Å². The lowest BCUT2D eigenvalue weighted by molar-refractivity contribution is 0.489. The second-order valence-corrected chi connectivity index (χ2v) is 4.05. The molecule has 0 N–H and O–H groups in total. The van der Waals surface area contributed by atoms with Crippen molar-refractivity contribution in [3.8, 4) is 5.75 Å². The molecule has 88 valence electrons. The molecule has 0 aliphatic rings. The van der Waals surface area contributed by atoms with E-state index in [4.69, 9.17) is 4.74 Å². The molecule has 0 amide bonds. The molecule has 2 aromatic carbocycles. The van der Waals surface area contributed by atoms with Gasteiger partial charge in [-0.05, 0) is 35.4 Å². The molecular formula is C16H18O. The molecular weight excluding hydrogens is 208 g/mol. The molecule has 0 unspecified atom stereocenters. The van der Waals surface area contributed by atoms with Crippen LogP contribution in [0.2, 0.25) is 0 Å². The average Bonchev–Trinajstić information content (AvgIpc) is 2.38.